The summed E-state index contributed by atoms with van der Waals surface area (Å²) in [6.07, 6.45) is 0. The van der Waals surface area contributed by atoms with Gasteiger partial charge in [0.1, 0.15) is 10.6 Å². The first kappa shape index (κ1) is 22.7. The number of nitrogens with zero attached hydrogens (tertiary/aromatic N) is 1. The van der Waals surface area contributed by atoms with Gasteiger partial charge in [-0.15, -0.1) is 0 Å². The summed E-state index contributed by atoms with van der Waals surface area (Å²) in [5.74, 6) is -0.976. The molecule has 0 fully saturated rings. The van der Waals surface area contributed by atoms with E-state index in [2.05, 4.69) is 5.32 Å². The monoisotopic (exact) mass is 502 g/mol. The van der Waals surface area contributed by atoms with Gasteiger partial charge in [0.15, 0.2) is 0 Å². The molecule has 1 aliphatic rings. The van der Waals surface area contributed by atoms with Crippen LogP contribution in [-0.2, 0) is 9.59 Å². The molecule has 0 saturated carbocycles. The van der Waals surface area contributed by atoms with E-state index in [1.807, 2.05) is 44.2 Å². The van der Waals surface area contributed by atoms with E-state index < -0.39 is 11.8 Å². The van der Waals surface area contributed by atoms with Crippen LogP contribution >= 0.6 is 46.6 Å². The van der Waals surface area contributed by atoms with Gasteiger partial charge in [0, 0.05) is 20.6 Å². The lowest BCUT2D eigenvalue weighted by Crippen LogP contribution is -2.32. The number of aryl methyl sites for hydroxylation is 2. The summed E-state index contributed by atoms with van der Waals surface area (Å²) in [6.45, 7) is 3.87. The van der Waals surface area contributed by atoms with Crippen molar-refractivity contribution in [3.63, 3.8) is 0 Å². The standard InChI is InChI=1S/C24H17Cl3N2O2S/c1-13-3-8-17(9-4-13)32-22-21(28-16-7-5-14(2)18(26)12-16)23(30)29(24(22)31)20-10-6-15(25)11-19(20)27/h3-12,28H,1-2H3. The lowest BCUT2D eigenvalue weighted by molar-refractivity contribution is -0.120. The number of carbonyl (C=O) groups excluding carboxylic acids is 2. The number of anilines is 2. The van der Waals surface area contributed by atoms with Crippen molar-refractivity contribution >= 4 is 69.8 Å². The Hall–Kier alpha value is -2.44. The Morgan fingerprint density at radius 3 is 2.19 bits per heavy atom. The molecule has 8 heteroatoms. The van der Waals surface area contributed by atoms with Gasteiger partial charge in [-0.3, -0.25) is 9.59 Å². The summed E-state index contributed by atoms with van der Waals surface area (Å²) in [4.78, 5) is 29.0. The van der Waals surface area contributed by atoms with Crippen LogP contribution in [0.25, 0.3) is 0 Å². The van der Waals surface area contributed by atoms with Gasteiger partial charge in [-0.25, -0.2) is 4.90 Å². The Labute approximate surface area is 205 Å². The predicted octanol–water partition coefficient (Wildman–Crippen LogP) is 7.25. The molecule has 0 bridgehead atoms. The number of hydrogen-bond donors (Lipinski definition) is 1. The lowest BCUT2D eigenvalue weighted by Gasteiger charge is -2.17. The molecule has 1 aliphatic heterocycles. The van der Waals surface area contributed by atoms with E-state index >= 15 is 0 Å². The molecule has 0 unspecified atom stereocenters. The van der Waals surface area contributed by atoms with E-state index in [1.165, 1.54) is 17.8 Å². The van der Waals surface area contributed by atoms with Gasteiger partial charge in [0.25, 0.3) is 11.8 Å². The maximum absolute atomic E-state index is 13.4. The van der Waals surface area contributed by atoms with Crippen molar-refractivity contribution in [2.75, 3.05) is 10.2 Å². The van der Waals surface area contributed by atoms with Crippen molar-refractivity contribution < 1.29 is 9.59 Å². The van der Waals surface area contributed by atoms with Crippen molar-refractivity contribution in [1.82, 2.24) is 0 Å². The van der Waals surface area contributed by atoms with E-state index in [4.69, 9.17) is 34.8 Å². The van der Waals surface area contributed by atoms with Gasteiger partial charge in [0.05, 0.1) is 10.7 Å². The highest BCUT2D eigenvalue weighted by molar-refractivity contribution is 8.04. The van der Waals surface area contributed by atoms with E-state index in [-0.39, 0.29) is 21.3 Å². The average molecular weight is 504 g/mol. The van der Waals surface area contributed by atoms with Crippen LogP contribution in [0.15, 0.2) is 76.2 Å². The van der Waals surface area contributed by atoms with Crippen LogP contribution in [-0.4, -0.2) is 11.8 Å². The lowest BCUT2D eigenvalue weighted by atomic mass is 10.2. The van der Waals surface area contributed by atoms with Crippen molar-refractivity contribution in [2.24, 2.45) is 0 Å². The number of imide groups is 1. The van der Waals surface area contributed by atoms with Crippen LogP contribution in [0.2, 0.25) is 15.1 Å². The molecular formula is C24H17Cl3N2O2S. The first-order chi connectivity index (χ1) is 15.2. The summed E-state index contributed by atoms with van der Waals surface area (Å²) >= 11 is 19.8. The molecule has 3 aromatic carbocycles. The van der Waals surface area contributed by atoms with Gasteiger partial charge in [-0.05, 0) is 61.9 Å². The van der Waals surface area contributed by atoms with Crippen LogP contribution in [0.5, 0.6) is 0 Å². The molecule has 32 heavy (non-hydrogen) atoms. The number of benzene rings is 3. The Morgan fingerprint density at radius 2 is 1.53 bits per heavy atom. The van der Waals surface area contributed by atoms with Crippen molar-refractivity contribution in [1.29, 1.82) is 0 Å². The van der Waals surface area contributed by atoms with E-state index in [0.717, 1.165) is 20.9 Å². The molecule has 4 rings (SSSR count). The van der Waals surface area contributed by atoms with E-state index in [9.17, 15) is 9.59 Å². The number of halogens is 3. The number of thioether (sulfide) groups is 1. The highest BCUT2D eigenvalue weighted by Crippen LogP contribution is 2.40. The topological polar surface area (TPSA) is 49.4 Å². The molecule has 2 amide bonds. The van der Waals surface area contributed by atoms with Gasteiger partial charge in [-0.1, -0.05) is 70.3 Å². The summed E-state index contributed by atoms with van der Waals surface area (Å²) in [6, 6.07) is 17.7. The minimum Gasteiger partial charge on any atom is -0.350 e. The fourth-order valence-electron chi connectivity index (χ4n) is 3.14. The quantitative estimate of drug-likeness (QED) is 0.372. The molecule has 3 aromatic rings. The zero-order valence-electron chi connectivity index (χ0n) is 17.1. The zero-order valence-corrected chi connectivity index (χ0v) is 20.2. The number of amides is 2. The molecule has 0 saturated heterocycles. The molecule has 0 radical (unpaired) electrons. The summed E-state index contributed by atoms with van der Waals surface area (Å²) in [7, 11) is 0. The van der Waals surface area contributed by atoms with Crippen LogP contribution in [0.1, 0.15) is 11.1 Å². The summed E-state index contributed by atoms with van der Waals surface area (Å²) in [5, 5.41) is 4.26. The van der Waals surface area contributed by atoms with Crippen molar-refractivity contribution in [2.45, 2.75) is 18.7 Å². The Balaban J connectivity index is 1.77. The third-order valence-corrected chi connectivity index (χ3v) is 6.91. The minimum atomic E-state index is -0.509. The normalized spacial score (nSPS) is 13.8. The maximum Gasteiger partial charge on any atom is 0.283 e. The second-order valence-electron chi connectivity index (χ2n) is 7.25. The molecule has 0 aliphatic carbocycles. The molecule has 162 valence electrons. The molecule has 0 aromatic heterocycles. The number of nitrogens with one attached hydrogen (secondary N) is 1. The average Bonchev–Trinajstić information content (AvgIpc) is 2.97. The predicted molar refractivity (Wildman–Crippen MR) is 133 cm³/mol. The molecule has 1 N–H and O–H groups in total. The third kappa shape index (κ3) is 4.52. The second-order valence-corrected chi connectivity index (χ2v) is 9.58. The third-order valence-electron chi connectivity index (χ3n) is 4.87. The number of carbonyl (C=O) groups is 2. The Kier molecular flexibility index (Phi) is 6.54. The molecule has 0 atom stereocenters. The fourth-order valence-corrected chi connectivity index (χ4v) is 4.74. The van der Waals surface area contributed by atoms with Gasteiger partial charge >= 0.3 is 0 Å². The first-order valence-electron chi connectivity index (χ1n) is 9.60. The van der Waals surface area contributed by atoms with Crippen molar-refractivity contribution in [3.05, 3.63) is 97.5 Å². The Bertz CT molecular complexity index is 1270. The zero-order chi connectivity index (χ0) is 23.0. The molecule has 4 nitrogen and oxygen atoms in total. The Morgan fingerprint density at radius 1 is 0.812 bits per heavy atom. The van der Waals surface area contributed by atoms with Gasteiger partial charge in [-0.2, -0.15) is 0 Å². The van der Waals surface area contributed by atoms with Gasteiger partial charge < -0.3 is 5.32 Å². The van der Waals surface area contributed by atoms with E-state index in [1.54, 1.807) is 24.3 Å². The fraction of sp³-hybridized carbons (Fsp3) is 0.0833. The summed E-state index contributed by atoms with van der Waals surface area (Å²) in [5.41, 5.74) is 3.03. The molecule has 0 spiro atoms. The highest BCUT2D eigenvalue weighted by Gasteiger charge is 2.41. The van der Waals surface area contributed by atoms with Crippen LogP contribution in [0, 0.1) is 13.8 Å². The maximum atomic E-state index is 13.4. The SMILES string of the molecule is Cc1ccc(SC2=C(Nc3ccc(C)c(Cl)c3)C(=O)N(c3ccc(Cl)cc3Cl)C2=O)cc1. The number of rotatable bonds is 5. The van der Waals surface area contributed by atoms with Gasteiger partial charge in [0.2, 0.25) is 0 Å². The van der Waals surface area contributed by atoms with Crippen LogP contribution in [0.4, 0.5) is 11.4 Å². The smallest absolute Gasteiger partial charge is 0.283 e. The highest BCUT2D eigenvalue weighted by atomic mass is 35.5. The summed E-state index contributed by atoms with van der Waals surface area (Å²) < 4.78 is 0. The number of hydrogen-bond acceptors (Lipinski definition) is 4. The second kappa shape index (κ2) is 9.20. The minimum absolute atomic E-state index is 0.159. The van der Waals surface area contributed by atoms with E-state index in [0.29, 0.717) is 15.7 Å². The van der Waals surface area contributed by atoms with Crippen LogP contribution < -0.4 is 10.2 Å². The van der Waals surface area contributed by atoms with Crippen LogP contribution in [0.3, 0.4) is 0 Å². The molecule has 1 heterocycles. The largest absolute Gasteiger partial charge is 0.350 e. The first-order valence-corrected chi connectivity index (χ1v) is 11.6. The van der Waals surface area contributed by atoms with Crippen molar-refractivity contribution in [3.8, 4) is 0 Å². The molecular weight excluding hydrogens is 487 g/mol.